The van der Waals surface area contributed by atoms with Crippen molar-refractivity contribution in [3.63, 3.8) is 0 Å². The summed E-state index contributed by atoms with van der Waals surface area (Å²) in [5.41, 5.74) is 7.33. The Morgan fingerprint density at radius 3 is 1.94 bits per heavy atom. The van der Waals surface area contributed by atoms with E-state index in [-0.39, 0.29) is 0 Å². The van der Waals surface area contributed by atoms with Gasteiger partial charge in [-0.25, -0.2) is 0 Å². The molecule has 0 amide bonds. The van der Waals surface area contributed by atoms with Crippen LogP contribution in [0.15, 0.2) is 180 Å². The van der Waals surface area contributed by atoms with E-state index < -0.39 is 0 Å². The van der Waals surface area contributed by atoms with Gasteiger partial charge >= 0.3 is 0 Å². The van der Waals surface area contributed by atoms with E-state index in [9.17, 15) is 0 Å². The van der Waals surface area contributed by atoms with Gasteiger partial charge < -0.3 is 9.32 Å². The number of benzene rings is 9. The number of thiophene rings is 1. The summed E-state index contributed by atoms with van der Waals surface area (Å²) in [6.07, 6.45) is 0. The van der Waals surface area contributed by atoms with E-state index in [4.69, 9.17) is 4.42 Å². The smallest absolute Gasteiger partial charge is 0.159 e. The van der Waals surface area contributed by atoms with Crippen molar-refractivity contribution in [1.82, 2.24) is 0 Å². The second-order valence-corrected chi connectivity index (χ2v) is 14.3. The molecule has 0 spiro atoms. The van der Waals surface area contributed by atoms with E-state index in [0.29, 0.717) is 0 Å². The zero-order valence-electron chi connectivity index (χ0n) is 27.5. The molecule has 0 saturated heterocycles. The van der Waals surface area contributed by atoms with E-state index >= 15 is 0 Å². The van der Waals surface area contributed by atoms with Crippen molar-refractivity contribution >= 4 is 103 Å². The van der Waals surface area contributed by atoms with Gasteiger partial charge in [0, 0.05) is 47.7 Å². The Hall–Kier alpha value is -6.42. The zero-order chi connectivity index (χ0) is 33.5. The molecule has 2 aromatic heterocycles. The minimum absolute atomic E-state index is 0.883. The largest absolute Gasteiger partial charge is 0.454 e. The highest BCUT2D eigenvalue weighted by atomic mass is 32.1. The first kappa shape index (κ1) is 28.4. The third kappa shape index (κ3) is 4.29. The molecule has 0 atom stereocenters. The molecule has 0 unspecified atom stereocenters. The lowest BCUT2D eigenvalue weighted by atomic mass is 9.92. The summed E-state index contributed by atoms with van der Waals surface area (Å²) in [5.74, 6) is 0. The van der Waals surface area contributed by atoms with Crippen LogP contribution >= 0.6 is 11.3 Å². The van der Waals surface area contributed by atoms with Gasteiger partial charge in [-0.1, -0.05) is 127 Å². The first-order valence-electron chi connectivity index (χ1n) is 17.3. The molecule has 0 aliphatic rings. The Morgan fingerprint density at radius 2 is 1.08 bits per heavy atom. The van der Waals surface area contributed by atoms with Gasteiger partial charge in [0.15, 0.2) is 5.58 Å². The number of para-hydroxylation sites is 3. The molecular formula is C48H29NOS. The maximum atomic E-state index is 6.50. The van der Waals surface area contributed by atoms with Crippen molar-refractivity contribution < 1.29 is 4.42 Å². The van der Waals surface area contributed by atoms with Gasteiger partial charge in [0.2, 0.25) is 0 Å². The molecule has 51 heavy (non-hydrogen) atoms. The van der Waals surface area contributed by atoms with Crippen molar-refractivity contribution in [1.29, 1.82) is 0 Å². The first-order valence-corrected chi connectivity index (χ1v) is 18.2. The summed E-state index contributed by atoms with van der Waals surface area (Å²) < 4.78 is 9.21. The summed E-state index contributed by atoms with van der Waals surface area (Å²) in [7, 11) is 0. The van der Waals surface area contributed by atoms with E-state index in [1.807, 2.05) is 23.5 Å². The standard InChI is InChI=1S/C48H29NOS/c1-2-11-33(12-3-1)49(42-18-10-17-38-36-13-6-8-19-43(36)50-47(38)42)34-25-21-30(22-26-34)31-23-27-35-32(29-31)24-28-41-45(35)37-14-4-5-15-39(37)48-46(41)40-16-7-9-20-44(40)51-48/h1-29H. The maximum Gasteiger partial charge on any atom is 0.159 e. The van der Waals surface area contributed by atoms with Gasteiger partial charge in [-0.15, -0.1) is 11.3 Å². The fourth-order valence-corrected chi connectivity index (χ4v) is 9.38. The Kier molecular flexibility index (Phi) is 6.16. The van der Waals surface area contributed by atoms with Crippen LogP contribution in [0.2, 0.25) is 0 Å². The Bertz CT molecular complexity index is 3140. The van der Waals surface area contributed by atoms with Crippen molar-refractivity contribution in [2.45, 2.75) is 0 Å². The summed E-state index contributed by atoms with van der Waals surface area (Å²) in [6.45, 7) is 0. The lowest BCUT2D eigenvalue weighted by Crippen LogP contribution is -2.10. The highest BCUT2D eigenvalue weighted by Crippen LogP contribution is 2.46. The minimum atomic E-state index is 0.883. The summed E-state index contributed by atoms with van der Waals surface area (Å²) >= 11 is 1.90. The topological polar surface area (TPSA) is 16.4 Å². The van der Waals surface area contributed by atoms with Crippen LogP contribution in [0.1, 0.15) is 0 Å². The van der Waals surface area contributed by atoms with Crippen molar-refractivity contribution in [2.75, 3.05) is 4.90 Å². The van der Waals surface area contributed by atoms with Crippen LogP contribution in [0.25, 0.3) is 85.6 Å². The minimum Gasteiger partial charge on any atom is -0.454 e. The average Bonchev–Trinajstić information content (AvgIpc) is 3.78. The van der Waals surface area contributed by atoms with Gasteiger partial charge in [-0.05, 0) is 86.6 Å². The van der Waals surface area contributed by atoms with E-state index in [1.165, 1.54) is 63.6 Å². The third-order valence-corrected chi connectivity index (χ3v) is 11.6. The predicted octanol–water partition coefficient (Wildman–Crippen LogP) is 14.6. The summed E-state index contributed by atoms with van der Waals surface area (Å²) in [5, 5.41) is 12.8. The molecule has 0 aliphatic carbocycles. The molecule has 3 heteroatoms. The van der Waals surface area contributed by atoms with Crippen LogP contribution in [-0.2, 0) is 0 Å². The second-order valence-electron chi connectivity index (χ2n) is 13.2. The lowest BCUT2D eigenvalue weighted by molar-refractivity contribution is 0.669. The number of anilines is 3. The predicted molar refractivity (Wildman–Crippen MR) is 219 cm³/mol. The highest BCUT2D eigenvalue weighted by molar-refractivity contribution is 7.27. The van der Waals surface area contributed by atoms with Crippen LogP contribution in [0.5, 0.6) is 0 Å². The molecule has 0 saturated carbocycles. The van der Waals surface area contributed by atoms with Crippen molar-refractivity contribution in [3.05, 3.63) is 176 Å². The van der Waals surface area contributed by atoms with E-state index in [2.05, 4.69) is 169 Å². The molecule has 238 valence electrons. The molecule has 0 N–H and O–H groups in total. The first-order chi connectivity index (χ1) is 25.3. The fraction of sp³-hybridized carbons (Fsp3) is 0. The van der Waals surface area contributed by atoms with E-state index in [0.717, 1.165) is 39.0 Å². The van der Waals surface area contributed by atoms with Gasteiger partial charge in [0.05, 0.1) is 5.69 Å². The van der Waals surface area contributed by atoms with Crippen LogP contribution in [0, 0.1) is 0 Å². The maximum absolute atomic E-state index is 6.50. The molecule has 9 aromatic carbocycles. The van der Waals surface area contributed by atoms with E-state index in [1.54, 1.807) is 0 Å². The Balaban J connectivity index is 1.05. The number of fused-ring (bicyclic) bond motifs is 13. The molecule has 0 radical (unpaired) electrons. The highest BCUT2D eigenvalue weighted by Gasteiger charge is 2.20. The van der Waals surface area contributed by atoms with Gasteiger partial charge in [-0.3, -0.25) is 0 Å². The molecule has 2 heterocycles. The summed E-state index contributed by atoms with van der Waals surface area (Å²) in [6, 6.07) is 63.5. The monoisotopic (exact) mass is 667 g/mol. The molecule has 2 nitrogen and oxygen atoms in total. The number of rotatable bonds is 4. The quantitative estimate of drug-likeness (QED) is 0.174. The molecule has 11 aromatic rings. The Morgan fingerprint density at radius 1 is 0.412 bits per heavy atom. The van der Waals surface area contributed by atoms with Gasteiger partial charge in [0.1, 0.15) is 5.58 Å². The second kappa shape index (κ2) is 11.0. The lowest BCUT2D eigenvalue weighted by Gasteiger charge is -2.25. The molecule has 11 rings (SSSR count). The van der Waals surface area contributed by atoms with Crippen molar-refractivity contribution in [3.8, 4) is 11.1 Å². The average molecular weight is 668 g/mol. The third-order valence-electron chi connectivity index (χ3n) is 10.4. The molecule has 0 bridgehead atoms. The zero-order valence-corrected chi connectivity index (χ0v) is 28.3. The number of hydrogen-bond donors (Lipinski definition) is 0. The molecule has 0 aliphatic heterocycles. The van der Waals surface area contributed by atoms with Gasteiger partial charge in [-0.2, -0.15) is 0 Å². The fourth-order valence-electron chi connectivity index (χ4n) is 8.13. The number of nitrogens with zero attached hydrogens (tertiary/aromatic N) is 1. The molecule has 0 fully saturated rings. The van der Waals surface area contributed by atoms with Crippen molar-refractivity contribution in [2.24, 2.45) is 0 Å². The number of hydrogen-bond acceptors (Lipinski definition) is 3. The summed E-state index contributed by atoms with van der Waals surface area (Å²) in [4.78, 5) is 2.29. The van der Waals surface area contributed by atoms with Gasteiger partial charge in [0.25, 0.3) is 0 Å². The van der Waals surface area contributed by atoms with Crippen LogP contribution in [0.4, 0.5) is 17.1 Å². The molecular weight excluding hydrogens is 639 g/mol. The van der Waals surface area contributed by atoms with Crippen LogP contribution in [-0.4, -0.2) is 0 Å². The Labute approximate surface area is 298 Å². The normalized spacial score (nSPS) is 11.9. The van der Waals surface area contributed by atoms with Crippen LogP contribution < -0.4 is 4.90 Å². The van der Waals surface area contributed by atoms with Crippen LogP contribution in [0.3, 0.4) is 0 Å². The number of furan rings is 1. The SMILES string of the molecule is c1ccc(N(c2ccc(-c3ccc4c(ccc5c4c4ccccc4c4sc6ccccc6c54)c3)cc2)c2cccc3c2oc2ccccc23)cc1.